The van der Waals surface area contributed by atoms with Gasteiger partial charge in [0.2, 0.25) is 5.91 Å². The van der Waals surface area contributed by atoms with Crippen molar-refractivity contribution in [2.24, 2.45) is 0 Å². The van der Waals surface area contributed by atoms with Crippen LogP contribution in [0.4, 0.5) is 5.69 Å². The number of para-hydroxylation sites is 1. The van der Waals surface area contributed by atoms with E-state index in [1.54, 1.807) is 0 Å². The van der Waals surface area contributed by atoms with Crippen LogP contribution in [-0.2, 0) is 11.2 Å². The van der Waals surface area contributed by atoms with Crippen molar-refractivity contribution >= 4 is 35.8 Å². The third kappa shape index (κ3) is 5.55. The van der Waals surface area contributed by atoms with E-state index in [4.69, 9.17) is 0 Å². The van der Waals surface area contributed by atoms with Gasteiger partial charge in [0, 0.05) is 36.2 Å². The molecule has 1 atom stereocenters. The molecule has 1 fully saturated rings. The molecule has 2 aromatic carbocycles. The van der Waals surface area contributed by atoms with Gasteiger partial charge in [-0.1, -0.05) is 48.5 Å². The molecule has 0 spiro atoms. The lowest BCUT2D eigenvalue weighted by molar-refractivity contribution is -0.116. The van der Waals surface area contributed by atoms with Gasteiger partial charge in [0.15, 0.2) is 0 Å². The quantitative estimate of drug-likeness (QED) is 0.851. The standard InChI is InChI=1S/C19H22N2OS.ClH/c22-19(13-17-14-23-11-10-20-17)21-18-9-5-4-8-16(18)12-15-6-2-1-3-7-15;/h1-9,17,20H,10-14H2,(H,21,22);1H. The number of thioether (sulfide) groups is 1. The molecule has 3 rings (SSSR count). The van der Waals surface area contributed by atoms with Crippen LogP contribution in [0.15, 0.2) is 54.6 Å². The van der Waals surface area contributed by atoms with Crippen molar-refractivity contribution in [3.8, 4) is 0 Å². The second-order valence-corrected chi connectivity index (χ2v) is 6.95. The third-order valence-electron chi connectivity index (χ3n) is 3.96. The van der Waals surface area contributed by atoms with Crippen molar-refractivity contribution in [2.75, 3.05) is 23.4 Å². The average molecular weight is 363 g/mol. The number of anilines is 1. The number of rotatable bonds is 5. The summed E-state index contributed by atoms with van der Waals surface area (Å²) in [4.78, 5) is 12.3. The van der Waals surface area contributed by atoms with E-state index < -0.39 is 0 Å². The van der Waals surface area contributed by atoms with E-state index in [1.165, 1.54) is 5.56 Å². The molecule has 0 radical (unpaired) electrons. The van der Waals surface area contributed by atoms with Crippen molar-refractivity contribution in [1.82, 2.24) is 5.32 Å². The molecular weight excluding hydrogens is 340 g/mol. The molecule has 1 aliphatic heterocycles. The molecule has 5 heteroatoms. The molecule has 2 aromatic rings. The highest BCUT2D eigenvalue weighted by Crippen LogP contribution is 2.20. The Morgan fingerprint density at radius 1 is 1.12 bits per heavy atom. The molecule has 0 saturated carbocycles. The van der Waals surface area contributed by atoms with E-state index in [1.807, 2.05) is 48.2 Å². The maximum atomic E-state index is 12.3. The SMILES string of the molecule is Cl.O=C(CC1CSCCN1)Nc1ccccc1Cc1ccccc1. The lowest BCUT2D eigenvalue weighted by Gasteiger charge is -2.22. The maximum Gasteiger partial charge on any atom is 0.225 e. The maximum absolute atomic E-state index is 12.3. The number of benzene rings is 2. The molecule has 1 saturated heterocycles. The fourth-order valence-electron chi connectivity index (χ4n) is 2.79. The van der Waals surface area contributed by atoms with Crippen molar-refractivity contribution < 1.29 is 4.79 Å². The minimum atomic E-state index is 0. The minimum Gasteiger partial charge on any atom is -0.326 e. The zero-order chi connectivity index (χ0) is 15.9. The first-order valence-corrected chi connectivity index (χ1v) is 9.19. The molecule has 0 bridgehead atoms. The highest BCUT2D eigenvalue weighted by molar-refractivity contribution is 7.99. The van der Waals surface area contributed by atoms with Gasteiger partial charge in [0.05, 0.1) is 0 Å². The van der Waals surface area contributed by atoms with Crippen LogP contribution in [0.3, 0.4) is 0 Å². The number of carbonyl (C=O) groups excluding carboxylic acids is 1. The lowest BCUT2D eigenvalue weighted by atomic mass is 10.0. The zero-order valence-corrected chi connectivity index (χ0v) is 15.2. The Bertz CT molecular complexity index is 645. The third-order valence-corrected chi connectivity index (χ3v) is 5.09. The predicted octanol–water partition coefficient (Wildman–Crippen LogP) is 3.73. The number of halogens is 1. The molecule has 1 heterocycles. The van der Waals surface area contributed by atoms with Gasteiger partial charge in [-0.05, 0) is 23.6 Å². The van der Waals surface area contributed by atoms with E-state index >= 15 is 0 Å². The Balaban J connectivity index is 0.00000208. The van der Waals surface area contributed by atoms with Crippen LogP contribution in [0.5, 0.6) is 0 Å². The van der Waals surface area contributed by atoms with Crippen LogP contribution in [0.2, 0.25) is 0 Å². The van der Waals surface area contributed by atoms with Gasteiger partial charge in [-0.25, -0.2) is 0 Å². The fraction of sp³-hybridized carbons (Fsp3) is 0.316. The Kier molecular flexibility index (Phi) is 7.63. The molecule has 0 aromatic heterocycles. The van der Waals surface area contributed by atoms with Gasteiger partial charge in [-0.15, -0.1) is 12.4 Å². The normalized spacial score (nSPS) is 16.9. The van der Waals surface area contributed by atoms with Crippen LogP contribution in [0.25, 0.3) is 0 Å². The molecule has 2 N–H and O–H groups in total. The lowest BCUT2D eigenvalue weighted by Crippen LogP contribution is -2.39. The zero-order valence-electron chi connectivity index (χ0n) is 13.5. The smallest absolute Gasteiger partial charge is 0.225 e. The summed E-state index contributed by atoms with van der Waals surface area (Å²) in [6.07, 6.45) is 1.36. The van der Waals surface area contributed by atoms with Gasteiger partial charge in [-0.2, -0.15) is 11.8 Å². The summed E-state index contributed by atoms with van der Waals surface area (Å²) < 4.78 is 0. The van der Waals surface area contributed by atoms with Crippen LogP contribution in [0.1, 0.15) is 17.5 Å². The first kappa shape index (κ1) is 18.8. The van der Waals surface area contributed by atoms with E-state index in [0.29, 0.717) is 6.42 Å². The van der Waals surface area contributed by atoms with Crippen LogP contribution in [0, 0.1) is 0 Å². The molecule has 3 nitrogen and oxygen atoms in total. The Labute approximate surface area is 154 Å². The number of nitrogens with one attached hydrogen (secondary N) is 2. The number of amides is 1. The molecule has 24 heavy (non-hydrogen) atoms. The summed E-state index contributed by atoms with van der Waals surface area (Å²) in [5, 5.41) is 6.50. The number of hydrogen-bond donors (Lipinski definition) is 2. The molecule has 128 valence electrons. The fourth-order valence-corrected chi connectivity index (χ4v) is 3.74. The van der Waals surface area contributed by atoms with Gasteiger partial charge < -0.3 is 10.6 Å². The Morgan fingerprint density at radius 3 is 2.62 bits per heavy atom. The molecule has 1 aliphatic rings. The first-order valence-electron chi connectivity index (χ1n) is 8.04. The average Bonchev–Trinajstić information content (AvgIpc) is 2.58. The summed E-state index contributed by atoms with van der Waals surface area (Å²) in [5.74, 6) is 2.24. The molecule has 1 unspecified atom stereocenters. The molecular formula is C19H23ClN2OS. The van der Waals surface area contributed by atoms with Crippen molar-refractivity contribution in [2.45, 2.75) is 18.9 Å². The second-order valence-electron chi connectivity index (χ2n) is 5.80. The predicted molar refractivity (Wildman–Crippen MR) is 105 cm³/mol. The molecule has 0 aliphatic carbocycles. The topological polar surface area (TPSA) is 41.1 Å². The summed E-state index contributed by atoms with van der Waals surface area (Å²) in [7, 11) is 0. The van der Waals surface area contributed by atoms with Crippen molar-refractivity contribution in [3.05, 3.63) is 65.7 Å². The minimum absolute atomic E-state index is 0. The van der Waals surface area contributed by atoms with Crippen molar-refractivity contribution in [3.63, 3.8) is 0 Å². The van der Waals surface area contributed by atoms with Crippen molar-refractivity contribution in [1.29, 1.82) is 0 Å². The molecule has 1 amide bonds. The van der Waals surface area contributed by atoms with Crippen LogP contribution >= 0.6 is 24.2 Å². The van der Waals surface area contributed by atoms with Crippen LogP contribution < -0.4 is 10.6 Å². The Hall–Kier alpha value is -1.49. The largest absolute Gasteiger partial charge is 0.326 e. The number of hydrogen-bond acceptors (Lipinski definition) is 3. The van der Waals surface area contributed by atoms with E-state index in [-0.39, 0.29) is 24.4 Å². The van der Waals surface area contributed by atoms with Gasteiger partial charge in [0.25, 0.3) is 0 Å². The summed E-state index contributed by atoms with van der Waals surface area (Å²) >= 11 is 1.91. The monoisotopic (exact) mass is 362 g/mol. The highest BCUT2D eigenvalue weighted by atomic mass is 35.5. The number of carbonyl (C=O) groups is 1. The van der Waals surface area contributed by atoms with E-state index in [2.05, 4.69) is 28.8 Å². The summed E-state index contributed by atoms with van der Waals surface area (Å²) in [6, 6.07) is 18.7. The van der Waals surface area contributed by atoms with Gasteiger partial charge >= 0.3 is 0 Å². The first-order chi connectivity index (χ1) is 11.3. The second kappa shape index (κ2) is 9.72. The van der Waals surface area contributed by atoms with Gasteiger partial charge in [0.1, 0.15) is 0 Å². The Morgan fingerprint density at radius 2 is 1.88 bits per heavy atom. The van der Waals surface area contributed by atoms with E-state index in [0.717, 1.165) is 35.7 Å². The van der Waals surface area contributed by atoms with Gasteiger partial charge in [-0.3, -0.25) is 4.79 Å². The highest BCUT2D eigenvalue weighted by Gasteiger charge is 2.17. The summed E-state index contributed by atoms with van der Waals surface area (Å²) in [5.41, 5.74) is 3.32. The van der Waals surface area contributed by atoms with Crippen LogP contribution in [-0.4, -0.2) is 30.0 Å². The van der Waals surface area contributed by atoms with E-state index in [9.17, 15) is 4.79 Å². The summed E-state index contributed by atoms with van der Waals surface area (Å²) in [6.45, 7) is 0.993.